The molecule has 0 unspecified atom stereocenters. The van der Waals surface area contributed by atoms with E-state index in [1.165, 1.54) is 24.9 Å². The lowest BCUT2D eigenvalue weighted by atomic mass is 9.99. The standard InChI is InChI=1S/C20H27N5O/c1-14(2)23-19-12-18(21-13-22-19)20(26)24-16-4-6-17(7-5-16)25-10-8-15(3)9-11-25/h4-7,12-15H,8-11H2,1-3H3,(H,24,26)(H,21,22,23). The second kappa shape index (κ2) is 8.17. The third-order valence-electron chi connectivity index (χ3n) is 4.61. The number of amides is 1. The minimum absolute atomic E-state index is 0.237. The number of nitrogens with one attached hydrogen (secondary N) is 2. The first kappa shape index (κ1) is 18.2. The van der Waals surface area contributed by atoms with Gasteiger partial charge in [-0.05, 0) is 56.9 Å². The van der Waals surface area contributed by atoms with Crippen LogP contribution < -0.4 is 15.5 Å². The maximum Gasteiger partial charge on any atom is 0.274 e. The van der Waals surface area contributed by atoms with E-state index < -0.39 is 0 Å². The summed E-state index contributed by atoms with van der Waals surface area (Å²) in [4.78, 5) is 23.0. The summed E-state index contributed by atoms with van der Waals surface area (Å²) in [5.74, 6) is 1.22. The fourth-order valence-corrected chi connectivity index (χ4v) is 3.07. The van der Waals surface area contributed by atoms with E-state index in [4.69, 9.17) is 0 Å². The summed E-state index contributed by atoms with van der Waals surface area (Å²) in [5.41, 5.74) is 2.32. The molecule has 138 valence electrons. The maximum absolute atomic E-state index is 12.4. The Morgan fingerprint density at radius 2 is 1.85 bits per heavy atom. The van der Waals surface area contributed by atoms with Gasteiger partial charge in [0, 0.05) is 36.6 Å². The number of anilines is 3. The molecule has 1 aromatic carbocycles. The van der Waals surface area contributed by atoms with Gasteiger partial charge in [-0.3, -0.25) is 4.79 Å². The Morgan fingerprint density at radius 1 is 1.15 bits per heavy atom. The van der Waals surface area contributed by atoms with Gasteiger partial charge in [-0.25, -0.2) is 9.97 Å². The van der Waals surface area contributed by atoms with Gasteiger partial charge < -0.3 is 15.5 Å². The highest BCUT2D eigenvalue weighted by atomic mass is 16.1. The number of aromatic nitrogens is 2. The van der Waals surface area contributed by atoms with Crippen molar-refractivity contribution in [2.24, 2.45) is 5.92 Å². The average molecular weight is 353 g/mol. The molecule has 6 heteroatoms. The van der Waals surface area contributed by atoms with Crippen LogP contribution in [0.25, 0.3) is 0 Å². The molecule has 0 bridgehead atoms. The SMILES string of the molecule is CC1CCN(c2ccc(NC(=O)c3cc(NC(C)C)ncn3)cc2)CC1. The Bertz CT molecular complexity index is 736. The topological polar surface area (TPSA) is 70.2 Å². The lowest BCUT2D eigenvalue weighted by Gasteiger charge is -2.32. The molecule has 0 aliphatic carbocycles. The van der Waals surface area contributed by atoms with Gasteiger partial charge in [0.2, 0.25) is 0 Å². The highest BCUT2D eigenvalue weighted by molar-refractivity contribution is 6.03. The zero-order valence-electron chi connectivity index (χ0n) is 15.7. The van der Waals surface area contributed by atoms with Gasteiger partial charge in [0.1, 0.15) is 17.8 Å². The molecule has 1 saturated heterocycles. The second-order valence-corrected chi connectivity index (χ2v) is 7.26. The number of carbonyl (C=O) groups excluding carboxylic acids is 1. The van der Waals surface area contributed by atoms with Crippen molar-refractivity contribution < 1.29 is 4.79 Å². The van der Waals surface area contributed by atoms with Crippen LogP contribution in [-0.2, 0) is 0 Å². The van der Waals surface area contributed by atoms with Crippen molar-refractivity contribution in [2.75, 3.05) is 28.6 Å². The first-order valence-electron chi connectivity index (χ1n) is 9.26. The lowest BCUT2D eigenvalue weighted by molar-refractivity contribution is 0.102. The smallest absolute Gasteiger partial charge is 0.274 e. The van der Waals surface area contributed by atoms with Gasteiger partial charge >= 0.3 is 0 Å². The van der Waals surface area contributed by atoms with Crippen molar-refractivity contribution in [3.8, 4) is 0 Å². The molecule has 0 atom stereocenters. The number of piperidine rings is 1. The van der Waals surface area contributed by atoms with E-state index in [1.54, 1.807) is 6.07 Å². The van der Waals surface area contributed by atoms with Crippen LogP contribution in [0.15, 0.2) is 36.7 Å². The molecular formula is C20H27N5O. The molecule has 2 heterocycles. The number of benzene rings is 1. The summed E-state index contributed by atoms with van der Waals surface area (Å²) < 4.78 is 0. The third kappa shape index (κ3) is 4.71. The Hall–Kier alpha value is -2.63. The highest BCUT2D eigenvalue weighted by Gasteiger charge is 2.16. The number of rotatable bonds is 5. The van der Waals surface area contributed by atoms with Crippen LogP contribution in [0.4, 0.5) is 17.2 Å². The maximum atomic E-state index is 12.4. The highest BCUT2D eigenvalue weighted by Crippen LogP contribution is 2.24. The second-order valence-electron chi connectivity index (χ2n) is 7.26. The van der Waals surface area contributed by atoms with E-state index in [1.807, 2.05) is 26.0 Å². The summed E-state index contributed by atoms with van der Waals surface area (Å²) in [6.07, 6.45) is 3.87. The Kier molecular flexibility index (Phi) is 5.71. The van der Waals surface area contributed by atoms with Crippen LogP contribution in [0.1, 0.15) is 44.1 Å². The van der Waals surface area contributed by atoms with E-state index in [9.17, 15) is 4.79 Å². The van der Waals surface area contributed by atoms with Crippen molar-refractivity contribution in [1.29, 1.82) is 0 Å². The zero-order valence-corrected chi connectivity index (χ0v) is 15.7. The molecular weight excluding hydrogens is 326 g/mol. The first-order valence-corrected chi connectivity index (χ1v) is 9.26. The molecule has 1 aliphatic rings. The van der Waals surface area contributed by atoms with Crippen LogP contribution in [0.3, 0.4) is 0 Å². The van der Waals surface area contributed by atoms with Crippen LogP contribution in [0.2, 0.25) is 0 Å². The van der Waals surface area contributed by atoms with Gasteiger partial charge in [-0.1, -0.05) is 6.92 Å². The van der Waals surface area contributed by atoms with Crippen LogP contribution in [0.5, 0.6) is 0 Å². The summed E-state index contributed by atoms with van der Waals surface area (Å²) in [6, 6.07) is 9.93. The fraction of sp³-hybridized carbons (Fsp3) is 0.450. The van der Waals surface area contributed by atoms with Gasteiger partial charge in [0.25, 0.3) is 5.91 Å². The molecule has 1 fully saturated rings. The van der Waals surface area contributed by atoms with E-state index in [-0.39, 0.29) is 11.9 Å². The van der Waals surface area contributed by atoms with Crippen LogP contribution in [0, 0.1) is 5.92 Å². The normalized spacial score (nSPS) is 15.2. The van der Waals surface area contributed by atoms with E-state index in [0.29, 0.717) is 11.5 Å². The van der Waals surface area contributed by atoms with Gasteiger partial charge in [0.05, 0.1) is 0 Å². The Labute approximate surface area is 155 Å². The van der Waals surface area contributed by atoms with Crippen molar-refractivity contribution in [3.05, 3.63) is 42.4 Å². The average Bonchev–Trinajstić information content (AvgIpc) is 2.63. The number of nitrogens with zero attached hydrogens (tertiary/aromatic N) is 3. The van der Waals surface area contributed by atoms with Crippen molar-refractivity contribution in [3.63, 3.8) is 0 Å². The molecule has 1 aliphatic heterocycles. The number of carbonyl (C=O) groups is 1. The molecule has 3 rings (SSSR count). The quantitative estimate of drug-likeness (QED) is 0.856. The fourth-order valence-electron chi connectivity index (χ4n) is 3.07. The third-order valence-corrected chi connectivity index (χ3v) is 4.61. The Morgan fingerprint density at radius 3 is 2.50 bits per heavy atom. The lowest BCUT2D eigenvalue weighted by Crippen LogP contribution is -2.32. The summed E-state index contributed by atoms with van der Waals surface area (Å²) in [6.45, 7) is 8.54. The first-order chi connectivity index (χ1) is 12.5. The molecule has 2 N–H and O–H groups in total. The van der Waals surface area contributed by atoms with Crippen molar-refractivity contribution in [1.82, 2.24) is 9.97 Å². The molecule has 0 saturated carbocycles. The molecule has 6 nitrogen and oxygen atoms in total. The molecule has 2 aromatic rings. The summed E-state index contributed by atoms with van der Waals surface area (Å²) >= 11 is 0. The van der Waals surface area contributed by atoms with Crippen molar-refractivity contribution >= 4 is 23.1 Å². The summed E-state index contributed by atoms with van der Waals surface area (Å²) in [5, 5.41) is 6.07. The van der Waals surface area contributed by atoms with E-state index in [0.717, 1.165) is 24.7 Å². The van der Waals surface area contributed by atoms with Crippen LogP contribution >= 0.6 is 0 Å². The van der Waals surface area contributed by atoms with Gasteiger partial charge in [-0.15, -0.1) is 0 Å². The van der Waals surface area contributed by atoms with Gasteiger partial charge in [0.15, 0.2) is 0 Å². The number of hydrogen-bond acceptors (Lipinski definition) is 5. The minimum Gasteiger partial charge on any atom is -0.372 e. The predicted molar refractivity (Wildman–Crippen MR) is 106 cm³/mol. The van der Waals surface area contributed by atoms with Crippen LogP contribution in [-0.4, -0.2) is 35.0 Å². The molecule has 0 radical (unpaired) electrons. The minimum atomic E-state index is -0.237. The largest absolute Gasteiger partial charge is 0.372 e. The molecule has 0 spiro atoms. The van der Waals surface area contributed by atoms with E-state index >= 15 is 0 Å². The van der Waals surface area contributed by atoms with E-state index in [2.05, 4.69) is 44.6 Å². The summed E-state index contributed by atoms with van der Waals surface area (Å²) in [7, 11) is 0. The molecule has 26 heavy (non-hydrogen) atoms. The van der Waals surface area contributed by atoms with Gasteiger partial charge in [-0.2, -0.15) is 0 Å². The predicted octanol–water partition coefficient (Wildman–Crippen LogP) is 3.79. The molecule has 1 aromatic heterocycles. The monoisotopic (exact) mass is 353 g/mol. The van der Waals surface area contributed by atoms with Crippen molar-refractivity contribution in [2.45, 2.75) is 39.7 Å². The Balaban J connectivity index is 1.63. The molecule has 1 amide bonds. The zero-order chi connectivity index (χ0) is 18.5. The number of hydrogen-bond donors (Lipinski definition) is 2.